The number of alkyl halides is 2. The van der Waals surface area contributed by atoms with E-state index in [0.29, 0.717) is 16.5 Å². The quantitative estimate of drug-likeness (QED) is 0.262. The first-order chi connectivity index (χ1) is 13.3. The van der Waals surface area contributed by atoms with Crippen LogP contribution in [0, 0.1) is 16.2 Å². The van der Waals surface area contributed by atoms with Crippen LogP contribution in [0.5, 0.6) is 0 Å². The molecule has 0 aliphatic rings. The van der Waals surface area contributed by atoms with Crippen LogP contribution >= 0.6 is 0 Å². The highest BCUT2D eigenvalue weighted by Crippen LogP contribution is 2.30. The minimum atomic E-state index is -3.61. The number of aromatic amines is 1. The molecule has 5 N–H and O–H groups in total. The molecule has 0 saturated carbocycles. The van der Waals surface area contributed by atoms with E-state index in [4.69, 9.17) is 16.2 Å². The van der Waals surface area contributed by atoms with Crippen LogP contribution in [0.2, 0.25) is 0 Å². The number of H-pyrrole nitrogens is 1. The molecule has 2 aromatic heterocycles. The molecule has 0 aliphatic heterocycles. The maximum Gasteiger partial charge on any atom is 0.329 e. The van der Waals surface area contributed by atoms with Crippen molar-refractivity contribution in [1.29, 1.82) is 16.2 Å². The summed E-state index contributed by atoms with van der Waals surface area (Å²) in [6.07, 6.45) is 5.31. The van der Waals surface area contributed by atoms with E-state index in [-0.39, 0.29) is 11.3 Å². The fraction of sp³-hybridized carbons (Fsp3) is 0.0556. The van der Waals surface area contributed by atoms with E-state index >= 15 is 0 Å². The third-order valence-electron chi connectivity index (χ3n) is 3.99. The van der Waals surface area contributed by atoms with E-state index in [1.165, 1.54) is 36.7 Å². The monoisotopic (exact) mass is 379 g/mol. The maximum absolute atomic E-state index is 14.7. The van der Waals surface area contributed by atoms with Gasteiger partial charge in [0, 0.05) is 22.7 Å². The van der Waals surface area contributed by atoms with Gasteiger partial charge in [-0.05, 0) is 29.9 Å². The van der Waals surface area contributed by atoms with Crippen molar-refractivity contribution in [2.45, 2.75) is 5.92 Å². The van der Waals surface area contributed by atoms with Gasteiger partial charge in [0.15, 0.2) is 13.7 Å². The number of nitrogens with zero attached hydrogens (tertiary/aromatic N) is 2. The minimum absolute atomic E-state index is 0.0518. The third kappa shape index (κ3) is 4.00. The van der Waals surface area contributed by atoms with Gasteiger partial charge in [-0.2, -0.15) is 13.9 Å². The van der Waals surface area contributed by atoms with Crippen LogP contribution in [0.1, 0.15) is 11.1 Å². The van der Waals surface area contributed by atoms with Crippen LogP contribution in [0.4, 0.5) is 8.78 Å². The second-order valence-corrected chi connectivity index (χ2v) is 6.08. The maximum atomic E-state index is 14.7. The number of hydrogen-bond donors (Lipinski definition) is 5. The number of rotatable bonds is 5. The number of allylic oxidation sites excluding steroid dienone is 1. The number of halogens is 2. The van der Waals surface area contributed by atoms with Gasteiger partial charge in [0.1, 0.15) is 5.84 Å². The van der Waals surface area contributed by atoms with E-state index in [9.17, 15) is 8.78 Å². The Labute approximate surface area is 159 Å². The van der Waals surface area contributed by atoms with E-state index in [1.54, 1.807) is 12.1 Å². The second-order valence-electron chi connectivity index (χ2n) is 6.08. The highest BCUT2D eigenvalue weighted by atomic mass is 19.3. The number of aromatic nitrogens is 3. The summed E-state index contributed by atoms with van der Waals surface area (Å²) in [4.78, 5) is 4.27. The van der Waals surface area contributed by atoms with Crippen LogP contribution in [0.15, 0.2) is 54.9 Å². The summed E-state index contributed by atoms with van der Waals surface area (Å²) in [5.74, 6) is -5.18. The molecule has 1 aromatic carbocycles. The van der Waals surface area contributed by atoms with Crippen molar-refractivity contribution in [2.75, 3.05) is 0 Å². The lowest BCUT2D eigenvalue weighted by Crippen LogP contribution is -2.40. The highest BCUT2D eigenvalue weighted by Gasteiger charge is 2.38. The number of pyridine rings is 1. The summed E-state index contributed by atoms with van der Waals surface area (Å²) in [5.41, 5.74) is 1.54. The molecule has 0 atom stereocenters. The molecule has 0 bridgehead atoms. The molecule has 0 saturated heterocycles. The Morgan fingerprint density at radius 1 is 1.14 bits per heavy atom. The first kappa shape index (κ1) is 19.1. The van der Waals surface area contributed by atoms with Gasteiger partial charge in [-0.1, -0.05) is 18.2 Å². The fourth-order valence-corrected chi connectivity index (χ4v) is 2.48. The van der Waals surface area contributed by atoms with Gasteiger partial charge in [-0.15, -0.1) is 0 Å². The van der Waals surface area contributed by atoms with Crippen molar-refractivity contribution in [3.63, 3.8) is 0 Å². The van der Waals surface area contributed by atoms with Crippen molar-refractivity contribution in [1.82, 2.24) is 20.5 Å². The zero-order valence-electron chi connectivity index (χ0n) is 14.8. The van der Waals surface area contributed by atoms with Crippen LogP contribution in [-0.4, -0.2) is 40.4 Å². The van der Waals surface area contributed by atoms with E-state index in [1.807, 2.05) is 7.85 Å². The second kappa shape index (κ2) is 7.51. The molecular formula is C18H16BF2N7. The molecule has 3 rings (SSSR count). The average Bonchev–Trinajstić information content (AvgIpc) is 3.20. The molecule has 10 heteroatoms. The number of nitrogens with one attached hydrogen (secondary N) is 5. The van der Waals surface area contributed by atoms with Crippen LogP contribution in [0.3, 0.4) is 0 Å². The predicted molar refractivity (Wildman–Crippen MR) is 107 cm³/mol. The van der Waals surface area contributed by atoms with E-state index in [0.717, 1.165) is 11.7 Å². The van der Waals surface area contributed by atoms with Crippen LogP contribution < -0.4 is 10.9 Å². The molecule has 7 nitrogen and oxygen atoms in total. The molecule has 2 heterocycles. The zero-order chi connectivity index (χ0) is 20.3. The molecule has 0 fully saturated rings. The summed E-state index contributed by atoms with van der Waals surface area (Å²) in [6, 6.07) is 7.41. The number of fused-ring (bicyclic) bond motifs is 1. The van der Waals surface area contributed by atoms with Gasteiger partial charge in [-0.3, -0.25) is 20.9 Å². The lowest BCUT2D eigenvalue weighted by Gasteiger charge is -2.19. The molecule has 0 aliphatic carbocycles. The molecule has 3 aromatic rings. The van der Waals surface area contributed by atoms with Crippen molar-refractivity contribution < 1.29 is 8.78 Å². The van der Waals surface area contributed by atoms with Gasteiger partial charge < -0.3 is 10.7 Å². The van der Waals surface area contributed by atoms with E-state index < -0.39 is 17.6 Å². The Hall–Kier alpha value is -3.69. The molecule has 28 heavy (non-hydrogen) atoms. The van der Waals surface area contributed by atoms with Gasteiger partial charge in [-0.25, -0.2) is 0 Å². The number of amidine groups is 2. The Kier molecular flexibility index (Phi) is 5.12. The lowest BCUT2D eigenvalue weighted by atomic mass is 10.0. The minimum Gasteiger partial charge on any atom is -0.324 e. The van der Waals surface area contributed by atoms with Gasteiger partial charge >= 0.3 is 5.92 Å². The van der Waals surface area contributed by atoms with Crippen molar-refractivity contribution in [3.8, 4) is 0 Å². The fourth-order valence-electron chi connectivity index (χ4n) is 2.48. The van der Waals surface area contributed by atoms with Crippen LogP contribution in [-0.2, 0) is 5.92 Å². The third-order valence-corrected chi connectivity index (χ3v) is 3.99. The average molecular weight is 379 g/mol. The molecular weight excluding hydrogens is 363 g/mol. The molecule has 0 radical (unpaired) electrons. The Morgan fingerprint density at radius 2 is 1.93 bits per heavy atom. The molecule has 140 valence electrons. The normalized spacial score (nSPS) is 11.6. The van der Waals surface area contributed by atoms with Crippen LogP contribution in [0.25, 0.3) is 10.9 Å². The molecule has 0 amide bonds. The summed E-state index contributed by atoms with van der Waals surface area (Å²) in [6.45, 7) is 0. The first-order valence-corrected chi connectivity index (χ1v) is 8.23. The SMILES string of the molecule is Bc1ccc2cc(C(F)(F)C(=N)NC(=N)/C=C\C(=N)c3cn[nH]c3)ccc2n1. The number of benzene rings is 1. The zero-order valence-corrected chi connectivity index (χ0v) is 14.8. The highest BCUT2D eigenvalue weighted by molar-refractivity contribution is 6.31. The predicted octanol–water partition coefficient (Wildman–Crippen LogP) is 1.48. The van der Waals surface area contributed by atoms with Crippen molar-refractivity contribution >= 4 is 41.7 Å². The smallest absolute Gasteiger partial charge is 0.324 e. The molecule has 0 unspecified atom stereocenters. The standard InChI is InChI=1S/C18H16BF2N7/c19-15-5-1-10-7-12(2-4-14(10)27-15)18(20,21)17(24)28-16(23)6-3-13(22)11-8-25-26-9-11/h1-9,22H,19H2,(H,25,26)(H3,23,24,28)/b6-3-,22-13?. The van der Waals surface area contributed by atoms with Crippen molar-refractivity contribution in [2.24, 2.45) is 0 Å². The Morgan fingerprint density at radius 3 is 2.64 bits per heavy atom. The first-order valence-electron chi connectivity index (χ1n) is 8.23. The van der Waals surface area contributed by atoms with Gasteiger partial charge in [0.05, 0.1) is 17.4 Å². The summed E-state index contributed by atoms with van der Waals surface area (Å²) in [7, 11) is 1.81. The Balaban J connectivity index is 1.72. The summed E-state index contributed by atoms with van der Waals surface area (Å²) >= 11 is 0. The Bertz CT molecular complexity index is 1090. The number of hydrogen-bond acceptors (Lipinski definition) is 5. The van der Waals surface area contributed by atoms with Gasteiger partial charge in [0.2, 0.25) is 0 Å². The largest absolute Gasteiger partial charge is 0.329 e. The van der Waals surface area contributed by atoms with Crippen molar-refractivity contribution in [3.05, 3.63) is 66.0 Å². The van der Waals surface area contributed by atoms with Gasteiger partial charge in [0.25, 0.3) is 0 Å². The van der Waals surface area contributed by atoms with E-state index in [2.05, 4.69) is 20.5 Å². The molecule has 0 spiro atoms. The topological polar surface area (TPSA) is 125 Å². The summed E-state index contributed by atoms with van der Waals surface area (Å²) < 4.78 is 29.3. The summed E-state index contributed by atoms with van der Waals surface area (Å²) in [5, 5.41) is 32.1. The lowest BCUT2D eigenvalue weighted by molar-refractivity contribution is 0.0721.